The molecule has 0 aliphatic heterocycles. The van der Waals surface area contributed by atoms with Crippen LogP contribution in [-0.2, 0) is 16.9 Å². The molecule has 1 amide bonds. The maximum atomic E-state index is 13.4. The van der Waals surface area contributed by atoms with Crippen LogP contribution in [0.15, 0.2) is 63.9 Å². The largest absolute Gasteiger partial charge is 0.423 e. The molecule has 1 unspecified atom stereocenters. The SMILES string of the molecule is CCC(O)(c1cnc(N(Cc2ccc3c(-c4ccc(F)cc4)cc(=O)oc3c2)C(C)=O)[nH]1)C(F)(F)F. The van der Waals surface area contributed by atoms with Gasteiger partial charge in [0, 0.05) is 18.4 Å². The lowest BCUT2D eigenvalue weighted by atomic mass is 9.96. The molecule has 36 heavy (non-hydrogen) atoms. The molecule has 188 valence electrons. The zero-order valence-electron chi connectivity index (χ0n) is 19.2. The van der Waals surface area contributed by atoms with Gasteiger partial charge in [-0.2, -0.15) is 13.2 Å². The summed E-state index contributed by atoms with van der Waals surface area (Å²) in [4.78, 5) is 31.9. The number of aromatic amines is 1. The Morgan fingerprint density at radius 3 is 2.44 bits per heavy atom. The summed E-state index contributed by atoms with van der Waals surface area (Å²) in [6.07, 6.45) is -4.76. The maximum absolute atomic E-state index is 13.4. The van der Waals surface area contributed by atoms with Crippen LogP contribution in [0, 0.1) is 5.82 Å². The first-order chi connectivity index (χ1) is 16.9. The highest BCUT2D eigenvalue weighted by Crippen LogP contribution is 2.41. The number of carbonyl (C=O) groups excluding carboxylic acids is 1. The van der Waals surface area contributed by atoms with Crippen molar-refractivity contribution in [2.24, 2.45) is 0 Å². The van der Waals surface area contributed by atoms with Gasteiger partial charge in [-0.25, -0.2) is 14.2 Å². The Balaban J connectivity index is 1.70. The zero-order chi connectivity index (χ0) is 26.3. The van der Waals surface area contributed by atoms with Crippen molar-refractivity contribution < 1.29 is 31.9 Å². The Morgan fingerprint density at radius 1 is 1.14 bits per heavy atom. The third-order valence-electron chi connectivity index (χ3n) is 5.93. The Labute approximate surface area is 202 Å². The molecule has 7 nitrogen and oxygen atoms in total. The van der Waals surface area contributed by atoms with Crippen LogP contribution in [0.4, 0.5) is 23.5 Å². The third kappa shape index (κ3) is 4.61. The summed E-state index contributed by atoms with van der Waals surface area (Å²) >= 11 is 0. The number of nitrogens with zero attached hydrogens (tertiary/aromatic N) is 2. The number of rotatable bonds is 6. The van der Waals surface area contributed by atoms with E-state index in [4.69, 9.17) is 4.42 Å². The molecule has 2 N–H and O–H groups in total. The number of imidazole rings is 1. The first-order valence-electron chi connectivity index (χ1n) is 10.9. The van der Waals surface area contributed by atoms with Crippen LogP contribution in [0.1, 0.15) is 31.5 Å². The summed E-state index contributed by atoms with van der Waals surface area (Å²) < 4.78 is 58.9. The molecular formula is C25H21F4N3O4. The normalized spacial score (nSPS) is 13.5. The van der Waals surface area contributed by atoms with Crippen molar-refractivity contribution in [1.29, 1.82) is 0 Å². The highest BCUT2D eigenvalue weighted by atomic mass is 19.4. The van der Waals surface area contributed by atoms with E-state index in [1.165, 1.54) is 50.2 Å². The minimum atomic E-state index is -4.95. The number of nitrogens with one attached hydrogen (secondary N) is 1. The number of H-pyrrole nitrogens is 1. The van der Waals surface area contributed by atoms with Crippen molar-refractivity contribution in [3.8, 4) is 11.1 Å². The molecule has 11 heteroatoms. The van der Waals surface area contributed by atoms with E-state index in [2.05, 4.69) is 9.97 Å². The summed E-state index contributed by atoms with van der Waals surface area (Å²) in [6.45, 7) is 2.28. The van der Waals surface area contributed by atoms with E-state index >= 15 is 0 Å². The van der Waals surface area contributed by atoms with Crippen LogP contribution < -0.4 is 10.5 Å². The molecule has 0 radical (unpaired) electrons. The molecule has 0 bridgehead atoms. The highest BCUT2D eigenvalue weighted by Gasteiger charge is 2.55. The van der Waals surface area contributed by atoms with Gasteiger partial charge < -0.3 is 14.5 Å². The Bertz CT molecular complexity index is 1480. The van der Waals surface area contributed by atoms with Crippen LogP contribution in [0.3, 0.4) is 0 Å². The second-order valence-electron chi connectivity index (χ2n) is 8.25. The van der Waals surface area contributed by atoms with Crippen LogP contribution in [-0.4, -0.2) is 27.2 Å². The lowest BCUT2D eigenvalue weighted by molar-refractivity contribution is -0.269. The van der Waals surface area contributed by atoms with Gasteiger partial charge in [0.15, 0.2) is 0 Å². The van der Waals surface area contributed by atoms with Crippen molar-refractivity contribution in [2.75, 3.05) is 4.90 Å². The van der Waals surface area contributed by atoms with E-state index in [9.17, 15) is 32.3 Å². The van der Waals surface area contributed by atoms with Crippen LogP contribution in [0.2, 0.25) is 0 Å². The number of hydrogen-bond donors (Lipinski definition) is 2. The van der Waals surface area contributed by atoms with E-state index in [1.807, 2.05) is 0 Å². The van der Waals surface area contributed by atoms with Gasteiger partial charge in [-0.3, -0.25) is 9.69 Å². The lowest BCUT2D eigenvalue weighted by Crippen LogP contribution is -2.42. The standard InChI is InChI=1S/C25H21F4N3O4/c1-3-24(35,25(27,28)29)21-12-30-23(31-21)32(14(2)33)13-15-4-9-18-19(11-22(34)36-20(18)10-15)16-5-7-17(26)8-6-16/h4-12,35H,3,13H2,1-2H3,(H,30,31). The predicted octanol–water partition coefficient (Wildman–Crippen LogP) is 5.04. The highest BCUT2D eigenvalue weighted by molar-refractivity contribution is 5.94. The Hall–Kier alpha value is -3.99. The summed E-state index contributed by atoms with van der Waals surface area (Å²) in [5, 5.41) is 10.7. The number of fused-ring (bicyclic) bond motifs is 1. The van der Waals surface area contributed by atoms with Crippen LogP contribution in [0.5, 0.6) is 0 Å². The fraction of sp³-hybridized carbons (Fsp3) is 0.240. The first-order valence-corrected chi connectivity index (χ1v) is 10.9. The van der Waals surface area contributed by atoms with Crippen molar-refractivity contribution in [3.05, 3.63) is 82.2 Å². The topological polar surface area (TPSA) is 99.4 Å². The molecule has 0 aliphatic carbocycles. The van der Waals surface area contributed by atoms with Gasteiger partial charge in [0.1, 0.15) is 11.4 Å². The number of aliphatic hydroxyl groups is 1. The van der Waals surface area contributed by atoms with Crippen molar-refractivity contribution in [2.45, 2.75) is 38.6 Å². The third-order valence-corrected chi connectivity index (χ3v) is 5.93. The molecule has 0 aliphatic rings. The fourth-order valence-corrected chi connectivity index (χ4v) is 3.89. The maximum Gasteiger partial charge on any atom is 0.422 e. The Kier molecular flexibility index (Phi) is 6.44. The number of aromatic nitrogens is 2. The minimum absolute atomic E-state index is 0.112. The van der Waals surface area contributed by atoms with E-state index in [0.29, 0.717) is 22.1 Å². The summed E-state index contributed by atoms with van der Waals surface area (Å²) in [7, 11) is 0. The number of amides is 1. The number of carbonyl (C=O) groups is 1. The molecule has 0 spiro atoms. The van der Waals surface area contributed by atoms with E-state index in [1.54, 1.807) is 12.1 Å². The molecule has 0 saturated carbocycles. The number of hydrogen-bond acceptors (Lipinski definition) is 5. The van der Waals surface area contributed by atoms with Crippen LogP contribution >= 0.6 is 0 Å². The zero-order valence-corrected chi connectivity index (χ0v) is 19.2. The van der Waals surface area contributed by atoms with Crippen molar-refractivity contribution in [1.82, 2.24) is 9.97 Å². The summed E-state index contributed by atoms with van der Waals surface area (Å²) in [5.41, 5.74) is -2.54. The average Bonchev–Trinajstić information content (AvgIpc) is 3.31. The number of alkyl halides is 3. The van der Waals surface area contributed by atoms with Gasteiger partial charge in [-0.15, -0.1) is 0 Å². The van der Waals surface area contributed by atoms with E-state index in [-0.39, 0.29) is 18.1 Å². The fourth-order valence-electron chi connectivity index (χ4n) is 3.89. The monoisotopic (exact) mass is 503 g/mol. The second-order valence-corrected chi connectivity index (χ2v) is 8.25. The molecule has 1 atom stereocenters. The number of halogens is 4. The molecule has 0 fully saturated rings. The van der Waals surface area contributed by atoms with Gasteiger partial charge >= 0.3 is 11.8 Å². The first kappa shape index (κ1) is 25.1. The molecule has 2 aromatic heterocycles. The molecule has 2 aromatic carbocycles. The predicted molar refractivity (Wildman–Crippen MR) is 124 cm³/mol. The van der Waals surface area contributed by atoms with Crippen molar-refractivity contribution in [3.63, 3.8) is 0 Å². The minimum Gasteiger partial charge on any atom is -0.423 e. The van der Waals surface area contributed by atoms with E-state index < -0.39 is 41.2 Å². The van der Waals surface area contributed by atoms with Crippen LogP contribution in [0.25, 0.3) is 22.1 Å². The van der Waals surface area contributed by atoms with Gasteiger partial charge in [0.05, 0.1) is 18.4 Å². The molecule has 4 rings (SSSR count). The molecule has 4 aromatic rings. The lowest BCUT2D eigenvalue weighted by Gasteiger charge is -2.28. The number of anilines is 1. The van der Waals surface area contributed by atoms with Gasteiger partial charge in [0.2, 0.25) is 17.5 Å². The Morgan fingerprint density at radius 2 is 1.83 bits per heavy atom. The smallest absolute Gasteiger partial charge is 0.422 e. The van der Waals surface area contributed by atoms with Gasteiger partial charge in [-0.05, 0) is 41.3 Å². The van der Waals surface area contributed by atoms with E-state index in [0.717, 1.165) is 11.1 Å². The van der Waals surface area contributed by atoms with Gasteiger partial charge in [-0.1, -0.05) is 31.2 Å². The second kappa shape index (κ2) is 9.23. The molecule has 2 heterocycles. The van der Waals surface area contributed by atoms with Gasteiger partial charge in [0.25, 0.3) is 0 Å². The molecule has 0 saturated heterocycles. The number of benzene rings is 2. The summed E-state index contributed by atoms with van der Waals surface area (Å²) in [5.74, 6) is -1.13. The summed E-state index contributed by atoms with van der Waals surface area (Å²) in [6, 6.07) is 11.7. The quantitative estimate of drug-likeness (QED) is 0.284. The average molecular weight is 503 g/mol. The molecular weight excluding hydrogens is 482 g/mol. The van der Waals surface area contributed by atoms with Crippen molar-refractivity contribution >= 4 is 22.8 Å².